The van der Waals surface area contributed by atoms with Crippen LogP contribution in [0.4, 0.5) is 10.1 Å². The summed E-state index contributed by atoms with van der Waals surface area (Å²) in [6.45, 7) is 4.25. The number of nitrogens with one attached hydrogen (secondary N) is 2. The molecular formula is C17H21ClFN3O3. The summed E-state index contributed by atoms with van der Waals surface area (Å²) < 4.78 is 13.7. The van der Waals surface area contributed by atoms with Crippen molar-refractivity contribution in [3.63, 3.8) is 0 Å². The Labute approximate surface area is 150 Å². The van der Waals surface area contributed by atoms with E-state index in [0.29, 0.717) is 13.0 Å². The quantitative estimate of drug-likeness (QED) is 0.801. The normalized spacial score (nSPS) is 17.3. The van der Waals surface area contributed by atoms with Crippen molar-refractivity contribution in [2.45, 2.75) is 32.7 Å². The molecule has 0 aliphatic carbocycles. The topological polar surface area (TPSA) is 78.5 Å². The Bertz CT molecular complexity index is 681. The number of rotatable bonds is 3. The highest BCUT2D eigenvalue weighted by atomic mass is 35.5. The lowest BCUT2D eigenvalue weighted by atomic mass is 10.0. The van der Waals surface area contributed by atoms with E-state index in [0.717, 1.165) is 12.5 Å². The standard InChI is InChI=1S/C17H21ClFN3O3/c1-10(2)15(23)20-12-4-3-7-22(9-12)17(25)16(24)21-14-6-5-11(18)8-13(14)19/h5-6,8,10,12H,3-4,7,9H2,1-2H3,(H,20,23)(H,21,24). The summed E-state index contributed by atoms with van der Waals surface area (Å²) in [5, 5.41) is 5.32. The second-order valence-corrected chi connectivity index (χ2v) is 6.77. The lowest BCUT2D eigenvalue weighted by molar-refractivity contribution is -0.144. The number of halogens is 2. The molecule has 0 bridgehead atoms. The van der Waals surface area contributed by atoms with Gasteiger partial charge in [0, 0.05) is 30.1 Å². The van der Waals surface area contributed by atoms with E-state index >= 15 is 0 Å². The number of hydrogen-bond acceptors (Lipinski definition) is 3. The maximum absolute atomic E-state index is 13.7. The molecule has 1 fully saturated rings. The molecule has 1 atom stereocenters. The minimum Gasteiger partial charge on any atom is -0.351 e. The van der Waals surface area contributed by atoms with Crippen LogP contribution in [-0.4, -0.2) is 41.8 Å². The molecule has 136 valence electrons. The van der Waals surface area contributed by atoms with Crippen LogP contribution in [0.3, 0.4) is 0 Å². The Balaban J connectivity index is 1.96. The van der Waals surface area contributed by atoms with Gasteiger partial charge in [0.1, 0.15) is 5.82 Å². The number of benzene rings is 1. The number of nitrogens with zero attached hydrogens (tertiary/aromatic N) is 1. The summed E-state index contributed by atoms with van der Waals surface area (Å²) in [6.07, 6.45) is 1.42. The van der Waals surface area contributed by atoms with Gasteiger partial charge in [-0.15, -0.1) is 0 Å². The van der Waals surface area contributed by atoms with E-state index < -0.39 is 17.6 Å². The number of likely N-dealkylation sites (tertiary alicyclic amines) is 1. The minimum atomic E-state index is -0.919. The summed E-state index contributed by atoms with van der Waals surface area (Å²) in [4.78, 5) is 37.5. The van der Waals surface area contributed by atoms with E-state index in [9.17, 15) is 18.8 Å². The van der Waals surface area contributed by atoms with Crippen LogP contribution >= 0.6 is 11.6 Å². The molecule has 1 aliphatic heterocycles. The number of hydrogen-bond donors (Lipinski definition) is 2. The van der Waals surface area contributed by atoms with Crippen molar-refractivity contribution in [3.05, 3.63) is 29.0 Å². The van der Waals surface area contributed by atoms with Gasteiger partial charge in [0.2, 0.25) is 5.91 Å². The molecule has 1 heterocycles. The number of carbonyl (C=O) groups excluding carboxylic acids is 3. The second-order valence-electron chi connectivity index (χ2n) is 6.33. The average molecular weight is 370 g/mol. The fourth-order valence-electron chi connectivity index (χ4n) is 2.56. The summed E-state index contributed by atoms with van der Waals surface area (Å²) in [5.74, 6) is -2.63. The first-order chi connectivity index (χ1) is 11.8. The highest BCUT2D eigenvalue weighted by Gasteiger charge is 2.29. The van der Waals surface area contributed by atoms with Gasteiger partial charge in [0.05, 0.1) is 5.69 Å². The van der Waals surface area contributed by atoms with Crippen LogP contribution in [0, 0.1) is 11.7 Å². The molecule has 1 unspecified atom stereocenters. The summed E-state index contributed by atoms with van der Waals surface area (Å²) in [6, 6.07) is 3.58. The van der Waals surface area contributed by atoms with Crippen molar-refractivity contribution in [2.75, 3.05) is 18.4 Å². The maximum atomic E-state index is 13.7. The van der Waals surface area contributed by atoms with Crippen molar-refractivity contribution in [1.29, 1.82) is 0 Å². The first-order valence-corrected chi connectivity index (χ1v) is 8.51. The van der Waals surface area contributed by atoms with Gasteiger partial charge in [-0.1, -0.05) is 25.4 Å². The number of piperidine rings is 1. The first-order valence-electron chi connectivity index (χ1n) is 8.13. The molecule has 3 amide bonds. The SMILES string of the molecule is CC(C)C(=O)NC1CCCN(C(=O)C(=O)Nc2ccc(Cl)cc2F)C1. The predicted octanol–water partition coefficient (Wildman–Crippen LogP) is 2.18. The molecule has 6 nitrogen and oxygen atoms in total. The van der Waals surface area contributed by atoms with Gasteiger partial charge < -0.3 is 15.5 Å². The van der Waals surface area contributed by atoms with Crippen LogP contribution in [0.15, 0.2) is 18.2 Å². The Morgan fingerprint density at radius 3 is 2.68 bits per heavy atom. The van der Waals surface area contributed by atoms with E-state index in [-0.39, 0.29) is 35.1 Å². The van der Waals surface area contributed by atoms with Gasteiger partial charge in [-0.3, -0.25) is 14.4 Å². The molecule has 0 aromatic heterocycles. The Kier molecular flexibility index (Phi) is 6.36. The molecule has 0 spiro atoms. The molecule has 2 N–H and O–H groups in total. The van der Waals surface area contributed by atoms with Crippen molar-refractivity contribution in [1.82, 2.24) is 10.2 Å². The highest BCUT2D eigenvalue weighted by Crippen LogP contribution is 2.19. The van der Waals surface area contributed by atoms with E-state index in [1.807, 2.05) is 0 Å². The summed E-state index contributed by atoms with van der Waals surface area (Å²) in [7, 11) is 0. The van der Waals surface area contributed by atoms with Gasteiger partial charge in [-0.25, -0.2) is 4.39 Å². The Hall–Kier alpha value is -2.15. The Morgan fingerprint density at radius 1 is 1.32 bits per heavy atom. The van der Waals surface area contributed by atoms with Gasteiger partial charge in [0.25, 0.3) is 0 Å². The molecule has 1 saturated heterocycles. The lowest BCUT2D eigenvalue weighted by Crippen LogP contribution is -2.52. The summed E-state index contributed by atoms with van der Waals surface area (Å²) in [5.41, 5.74) is -0.107. The van der Waals surface area contributed by atoms with Crippen molar-refractivity contribution in [3.8, 4) is 0 Å². The Morgan fingerprint density at radius 2 is 2.04 bits per heavy atom. The lowest BCUT2D eigenvalue weighted by Gasteiger charge is -2.33. The van der Waals surface area contributed by atoms with Crippen molar-refractivity contribution >= 4 is 35.0 Å². The van der Waals surface area contributed by atoms with Crippen LogP contribution < -0.4 is 10.6 Å². The molecule has 25 heavy (non-hydrogen) atoms. The first kappa shape index (κ1) is 19.2. The molecule has 0 radical (unpaired) electrons. The van der Waals surface area contributed by atoms with Gasteiger partial charge in [-0.05, 0) is 31.0 Å². The van der Waals surface area contributed by atoms with Crippen LogP contribution in [0.1, 0.15) is 26.7 Å². The number of carbonyl (C=O) groups is 3. The van der Waals surface area contributed by atoms with E-state index in [1.165, 1.54) is 17.0 Å². The van der Waals surface area contributed by atoms with Gasteiger partial charge in [0.15, 0.2) is 0 Å². The van der Waals surface area contributed by atoms with E-state index in [1.54, 1.807) is 13.8 Å². The summed E-state index contributed by atoms with van der Waals surface area (Å²) >= 11 is 5.66. The molecule has 1 aliphatic rings. The smallest absolute Gasteiger partial charge is 0.313 e. The largest absolute Gasteiger partial charge is 0.351 e. The van der Waals surface area contributed by atoms with Gasteiger partial charge in [-0.2, -0.15) is 0 Å². The van der Waals surface area contributed by atoms with E-state index in [4.69, 9.17) is 11.6 Å². The number of anilines is 1. The zero-order chi connectivity index (χ0) is 18.6. The fourth-order valence-corrected chi connectivity index (χ4v) is 2.72. The molecule has 0 saturated carbocycles. The third kappa shape index (κ3) is 5.16. The van der Waals surface area contributed by atoms with E-state index in [2.05, 4.69) is 10.6 Å². The molecule has 1 aromatic rings. The minimum absolute atomic E-state index is 0.0908. The predicted molar refractivity (Wildman–Crippen MR) is 92.6 cm³/mol. The van der Waals surface area contributed by atoms with Gasteiger partial charge >= 0.3 is 11.8 Å². The van der Waals surface area contributed by atoms with Crippen molar-refractivity contribution < 1.29 is 18.8 Å². The maximum Gasteiger partial charge on any atom is 0.313 e. The van der Waals surface area contributed by atoms with Crippen LogP contribution in [0.2, 0.25) is 5.02 Å². The van der Waals surface area contributed by atoms with Crippen molar-refractivity contribution in [2.24, 2.45) is 5.92 Å². The molecular weight excluding hydrogens is 349 g/mol. The molecule has 2 rings (SSSR count). The fraction of sp³-hybridized carbons (Fsp3) is 0.471. The molecule has 8 heteroatoms. The molecule has 1 aromatic carbocycles. The average Bonchev–Trinajstić information content (AvgIpc) is 2.56. The van der Waals surface area contributed by atoms with Crippen LogP contribution in [0.25, 0.3) is 0 Å². The third-order valence-corrected chi connectivity index (χ3v) is 4.19. The third-order valence-electron chi connectivity index (χ3n) is 3.95. The monoisotopic (exact) mass is 369 g/mol. The second kappa shape index (κ2) is 8.29. The zero-order valence-corrected chi connectivity index (χ0v) is 14.9. The zero-order valence-electron chi connectivity index (χ0n) is 14.1. The number of amides is 3. The highest BCUT2D eigenvalue weighted by molar-refractivity contribution is 6.39. The van der Waals surface area contributed by atoms with Crippen LogP contribution in [0.5, 0.6) is 0 Å². The van der Waals surface area contributed by atoms with Crippen LogP contribution in [-0.2, 0) is 14.4 Å².